The van der Waals surface area contributed by atoms with E-state index in [0.717, 1.165) is 0 Å². The van der Waals surface area contributed by atoms with Gasteiger partial charge in [0, 0.05) is 15.7 Å². The number of nitrogens with two attached hydrogens (primary N) is 1. The van der Waals surface area contributed by atoms with Crippen molar-refractivity contribution < 1.29 is 34.7 Å². The average molecular weight is 214 g/mol. The van der Waals surface area contributed by atoms with Crippen LogP contribution in [0.25, 0.3) is 0 Å². The summed E-state index contributed by atoms with van der Waals surface area (Å²) in [6, 6.07) is 1.41. The molecule has 0 heterocycles. The van der Waals surface area contributed by atoms with Gasteiger partial charge in [0.1, 0.15) is 0 Å². The molecular weight excluding hydrogens is 208 g/mol. The molecule has 2 nitrogen and oxygen atoms in total. The van der Waals surface area contributed by atoms with E-state index in [2.05, 4.69) is 0 Å². The molecule has 0 radical (unpaired) electrons. The van der Waals surface area contributed by atoms with E-state index >= 15 is 0 Å². The van der Waals surface area contributed by atoms with Gasteiger partial charge in [-0.15, -0.1) is 0 Å². The van der Waals surface area contributed by atoms with Crippen LogP contribution in [0.15, 0.2) is 6.07 Å². The van der Waals surface area contributed by atoms with Gasteiger partial charge in [-0.3, -0.25) is 0 Å². The van der Waals surface area contributed by atoms with Crippen molar-refractivity contribution >= 4 is 28.9 Å². The van der Waals surface area contributed by atoms with Crippen molar-refractivity contribution in [2.24, 2.45) is 0 Å². The third-order valence-electron chi connectivity index (χ3n) is 1.43. The average Bonchev–Trinajstić information content (AvgIpc) is 1.97. The zero-order chi connectivity index (χ0) is 8.59. The zero-order valence-corrected chi connectivity index (χ0v) is 10.3. The second-order valence-corrected chi connectivity index (χ2v) is 3.00. The van der Waals surface area contributed by atoms with Crippen molar-refractivity contribution in [3.8, 4) is 5.75 Å². The van der Waals surface area contributed by atoms with E-state index in [1.807, 2.05) is 0 Å². The summed E-state index contributed by atoms with van der Waals surface area (Å²) in [4.78, 5) is 0. The first-order valence-corrected chi connectivity index (χ1v) is 3.70. The monoisotopic (exact) mass is 213 g/mol. The first-order chi connectivity index (χ1) is 5.04. The van der Waals surface area contributed by atoms with Crippen molar-refractivity contribution in [1.29, 1.82) is 0 Å². The molecule has 0 aromatic heterocycles. The minimum atomic E-state index is -0.353. The Morgan fingerprint density at radius 3 is 2.42 bits per heavy atom. The van der Waals surface area contributed by atoms with E-state index in [4.69, 9.17) is 28.9 Å². The summed E-state index contributed by atoms with van der Waals surface area (Å²) in [7, 11) is 0. The molecule has 0 saturated heterocycles. The maximum Gasteiger partial charge on any atom is 1.00 e. The fourth-order valence-corrected chi connectivity index (χ4v) is 1.18. The number of anilines is 1. The molecule has 0 unspecified atom stereocenters. The van der Waals surface area contributed by atoms with Gasteiger partial charge in [-0.2, -0.15) is 0 Å². The van der Waals surface area contributed by atoms with E-state index < -0.39 is 0 Å². The second-order valence-electron chi connectivity index (χ2n) is 2.22. The number of halogens is 2. The Balaban J connectivity index is 0.00000121. The van der Waals surface area contributed by atoms with Crippen molar-refractivity contribution in [2.45, 2.75) is 6.92 Å². The molecule has 1 aromatic carbocycles. The number of hydrogen-bond acceptors (Lipinski definition) is 2. The van der Waals surface area contributed by atoms with Crippen molar-refractivity contribution in [3.05, 3.63) is 21.7 Å². The Morgan fingerprint density at radius 1 is 1.42 bits per heavy atom. The molecule has 0 atom stereocenters. The van der Waals surface area contributed by atoms with E-state index in [9.17, 15) is 5.11 Å². The molecular formula is C7H6Cl2NNaO. The number of nitrogen functional groups attached to an aromatic ring is 1. The summed E-state index contributed by atoms with van der Waals surface area (Å²) >= 11 is 11.3. The molecule has 0 amide bonds. The van der Waals surface area contributed by atoms with Crippen LogP contribution in [0.2, 0.25) is 10.0 Å². The molecule has 0 spiro atoms. The van der Waals surface area contributed by atoms with Crippen molar-refractivity contribution in [1.82, 2.24) is 0 Å². The van der Waals surface area contributed by atoms with Gasteiger partial charge >= 0.3 is 29.6 Å². The Kier molecular flexibility index (Phi) is 4.74. The minimum absolute atomic E-state index is 0. The molecule has 0 bridgehead atoms. The third kappa shape index (κ3) is 2.21. The molecule has 5 heteroatoms. The first kappa shape index (κ1) is 12.4. The summed E-state index contributed by atoms with van der Waals surface area (Å²) in [5.41, 5.74) is 5.97. The standard InChI is InChI=1S/C7H7Cl2NO.Na/c1-3-4(8)2-5(10)7(11)6(3)9;/h2,11H,10H2,1H3;/q;+1/p-1. The van der Waals surface area contributed by atoms with Crippen molar-refractivity contribution in [3.63, 3.8) is 0 Å². The van der Waals surface area contributed by atoms with Gasteiger partial charge in [-0.25, -0.2) is 0 Å². The number of rotatable bonds is 0. The van der Waals surface area contributed by atoms with Gasteiger partial charge in [0.2, 0.25) is 0 Å². The molecule has 0 aliphatic carbocycles. The second kappa shape index (κ2) is 4.58. The molecule has 0 aliphatic rings. The van der Waals surface area contributed by atoms with Gasteiger partial charge in [-0.1, -0.05) is 29.0 Å². The number of hydrogen-bond donors (Lipinski definition) is 1. The summed E-state index contributed by atoms with van der Waals surface area (Å²) < 4.78 is 0. The summed E-state index contributed by atoms with van der Waals surface area (Å²) in [5.74, 6) is -0.353. The fourth-order valence-electron chi connectivity index (χ4n) is 0.712. The van der Waals surface area contributed by atoms with Crippen LogP contribution >= 0.6 is 23.2 Å². The molecule has 1 rings (SSSR count). The van der Waals surface area contributed by atoms with E-state index in [1.54, 1.807) is 6.92 Å². The van der Waals surface area contributed by atoms with Crippen LogP contribution in [0, 0.1) is 6.92 Å². The molecule has 1 aromatic rings. The third-order valence-corrected chi connectivity index (χ3v) is 2.28. The van der Waals surface area contributed by atoms with Gasteiger partial charge in [-0.05, 0) is 18.6 Å². The summed E-state index contributed by atoms with van der Waals surface area (Å²) in [5, 5.41) is 11.6. The summed E-state index contributed by atoms with van der Waals surface area (Å²) in [6.07, 6.45) is 0. The largest absolute Gasteiger partial charge is 1.00 e. The van der Waals surface area contributed by atoms with Crippen LogP contribution in [0.4, 0.5) is 5.69 Å². The quantitative estimate of drug-likeness (QED) is 0.443. The maximum atomic E-state index is 11.0. The molecule has 0 aliphatic heterocycles. The minimum Gasteiger partial charge on any atom is -0.870 e. The number of benzene rings is 1. The Hall–Kier alpha value is 0.400. The predicted octanol–water partition coefficient (Wildman–Crippen LogP) is -1.04. The topological polar surface area (TPSA) is 49.1 Å². The van der Waals surface area contributed by atoms with Crippen LogP contribution in [0.1, 0.15) is 5.56 Å². The smallest absolute Gasteiger partial charge is 0.870 e. The SMILES string of the molecule is Cc1c(Cl)cc(N)c([O-])c1Cl.[Na+]. The zero-order valence-electron chi connectivity index (χ0n) is 6.82. The van der Waals surface area contributed by atoms with Crippen LogP contribution < -0.4 is 40.4 Å². The molecule has 60 valence electrons. The fraction of sp³-hybridized carbons (Fsp3) is 0.143. The Morgan fingerprint density at radius 2 is 1.92 bits per heavy atom. The van der Waals surface area contributed by atoms with E-state index in [-0.39, 0.29) is 46.0 Å². The first-order valence-electron chi connectivity index (χ1n) is 2.95. The van der Waals surface area contributed by atoms with Gasteiger partial charge < -0.3 is 10.8 Å². The van der Waals surface area contributed by atoms with Crippen molar-refractivity contribution in [2.75, 3.05) is 5.73 Å². The van der Waals surface area contributed by atoms with Crippen LogP contribution in [0.3, 0.4) is 0 Å². The molecule has 0 fully saturated rings. The van der Waals surface area contributed by atoms with Crippen LogP contribution in [-0.4, -0.2) is 0 Å². The van der Waals surface area contributed by atoms with Gasteiger partial charge in [0.15, 0.2) is 0 Å². The predicted molar refractivity (Wildman–Crippen MR) is 45.1 cm³/mol. The molecule has 0 saturated carbocycles. The van der Waals surface area contributed by atoms with Gasteiger partial charge in [0.05, 0.1) is 0 Å². The van der Waals surface area contributed by atoms with E-state index in [1.165, 1.54) is 6.07 Å². The van der Waals surface area contributed by atoms with Crippen LogP contribution in [-0.2, 0) is 0 Å². The van der Waals surface area contributed by atoms with Gasteiger partial charge in [0.25, 0.3) is 0 Å². The Labute approximate surface area is 103 Å². The summed E-state index contributed by atoms with van der Waals surface area (Å²) in [6.45, 7) is 1.67. The Bertz CT molecular complexity index is 278. The van der Waals surface area contributed by atoms with Crippen LogP contribution in [0.5, 0.6) is 5.75 Å². The normalized spacial score (nSPS) is 9.25. The molecule has 2 N–H and O–H groups in total. The maximum absolute atomic E-state index is 11.0. The molecule has 12 heavy (non-hydrogen) atoms. The van der Waals surface area contributed by atoms with E-state index in [0.29, 0.717) is 10.6 Å².